The molecule has 2 aromatic rings. The van der Waals surface area contributed by atoms with Gasteiger partial charge in [-0.2, -0.15) is 13.2 Å². The van der Waals surface area contributed by atoms with Crippen LogP contribution in [0.4, 0.5) is 18.9 Å². The van der Waals surface area contributed by atoms with Gasteiger partial charge in [-0.1, -0.05) is 42.6 Å². The Bertz CT molecular complexity index is 964. The number of likely N-dealkylation sites (N-methyl/N-ethyl adjacent to an activating group) is 1. The summed E-state index contributed by atoms with van der Waals surface area (Å²) in [5, 5.41) is 10.2. The first-order chi connectivity index (χ1) is 15.1. The average molecular weight is 491 g/mol. The monoisotopic (exact) mass is 490 g/mol. The van der Waals surface area contributed by atoms with Gasteiger partial charge in [-0.25, -0.2) is 0 Å². The maximum absolute atomic E-state index is 12.9. The molecular formula is C20H22ClF3N4O3S. The first-order valence-electron chi connectivity index (χ1n) is 10.00. The molecule has 1 heterocycles. The minimum Gasteiger partial charge on any atom is -0.416 e. The number of alkyl halides is 3. The standard InChI is InChI=1S/C20H22ClF3N4O3S/c1-28(10-16(29)25-13-7-8-15(21)14(9-13)20(22,23)24)17(30)11-32-19-27-26-18(31-19)12-5-3-2-4-6-12/h7-9,12H,2-6,10-11H2,1H3,(H,25,29). The first-order valence-corrected chi connectivity index (χ1v) is 11.4. The Balaban J connectivity index is 1.48. The average Bonchev–Trinajstić information content (AvgIpc) is 3.22. The number of hydrogen-bond donors (Lipinski definition) is 1. The molecule has 174 valence electrons. The van der Waals surface area contributed by atoms with Crippen LogP contribution in [0, 0.1) is 0 Å². The van der Waals surface area contributed by atoms with Crippen molar-refractivity contribution < 1.29 is 27.2 Å². The van der Waals surface area contributed by atoms with Crippen molar-refractivity contribution in [2.24, 2.45) is 0 Å². The Hall–Kier alpha value is -2.27. The molecule has 2 amide bonds. The van der Waals surface area contributed by atoms with Crippen LogP contribution in [0.3, 0.4) is 0 Å². The third-order valence-corrected chi connectivity index (χ3v) is 6.19. The minimum absolute atomic E-state index is 0.0186. The Labute approximate surface area is 192 Å². The summed E-state index contributed by atoms with van der Waals surface area (Å²) in [7, 11) is 1.42. The summed E-state index contributed by atoms with van der Waals surface area (Å²) in [4.78, 5) is 25.6. The van der Waals surface area contributed by atoms with Crippen molar-refractivity contribution in [3.63, 3.8) is 0 Å². The number of rotatable bonds is 7. The molecule has 0 radical (unpaired) electrons. The lowest BCUT2D eigenvalue weighted by molar-refractivity contribution is -0.137. The van der Waals surface area contributed by atoms with E-state index in [2.05, 4.69) is 15.5 Å². The molecule has 1 N–H and O–H groups in total. The Morgan fingerprint density at radius 3 is 2.66 bits per heavy atom. The van der Waals surface area contributed by atoms with Crippen LogP contribution in [-0.2, 0) is 15.8 Å². The molecular weight excluding hydrogens is 469 g/mol. The van der Waals surface area contributed by atoms with Gasteiger partial charge in [-0.3, -0.25) is 9.59 Å². The van der Waals surface area contributed by atoms with E-state index in [0.717, 1.165) is 49.6 Å². The topological polar surface area (TPSA) is 88.3 Å². The van der Waals surface area contributed by atoms with Gasteiger partial charge in [0.25, 0.3) is 5.22 Å². The fraction of sp³-hybridized carbons (Fsp3) is 0.500. The molecule has 0 atom stereocenters. The SMILES string of the molecule is CN(CC(=O)Nc1ccc(Cl)c(C(F)(F)F)c1)C(=O)CSc1nnc(C2CCCCC2)o1. The zero-order valence-corrected chi connectivity index (χ0v) is 18.8. The summed E-state index contributed by atoms with van der Waals surface area (Å²) >= 11 is 6.65. The molecule has 0 aliphatic heterocycles. The molecule has 0 saturated heterocycles. The molecule has 32 heavy (non-hydrogen) atoms. The molecule has 0 bridgehead atoms. The van der Waals surface area contributed by atoms with Gasteiger partial charge in [0.15, 0.2) is 0 Å². The number of amides is 2. The maximum atomic E-state index is 12.9. The van der Waals surface area contributed by atoms with Gasteiger partial charge >= 0.3 is 6.18 Å². The smallest absolute Gasteiger partial charge is 0.416 e. The van der Waals surface area contributed by atoms with Gasteiger partial charge in [0.1, 0.15) is 0 Å². The van der Waals surface area contributed by atoms with Gasteiger partial charge < -0.3 is 14.6 Å². The minimum atomic E-state index is -4.65. The van der Waals surface area contributed by atoms with E-state index in [1.165, 1.54) is 24.4 Å². The van der Waals surface area contributed by atoms with Crippen molar-refractivity contribution in [2.45, 2.75) is 49.4 Å². The lowest BCUT2D eigenvalue weighted by Gasteiger charge is -2.17. The number of carbonyl (C=O) groups is 2. The third-order valence-electron chi connectivity index (χ3n) is 5.06. The molecule has 1 aromatic heterocycles. The summed E-state index contributed by atoms with van der Waals surface area (Å²) in [6, 6.07) is 3.06. The summed E-state index contributed by atoms with van der Waals surface area (Å²) in [5.74, 6) is -0.171. The number of nitrogens with one attached hydrogen (secondary N) is 1. The summed E-state index contributed by atoms with van der Waals surface area (Å²) in [5.41, 5.74) is -1.12. The van der Waals surface area contributed by atoms with Crippen molar-refractivity contribution >= 4 is 40.9 Å². The van der Waals surface area contributed by atoms with Crippen LogP contribution in [-0.4, -0.2) is 46.3 Å². The molecule has 1 aromatic carbocycles. The summed E-state index contributed by atoms with van der Waals surface area (Å²) in [6.45, 7) is -0.333. The number of thioether (sulfide) groups is 1. The number of hydrogen-bond acceptors (Lipinski definition) is 6. The van der Waals surface area contributed by atoms with Gasteiger partial charge in [-0.15, -0.1) is 10.2 Å². The van der Waals surface area contributed by atoms with E-state index < -0.39 is 22.7 Å². The highest BCUT2D eigenvalue weighted by atomic mass is 35.5. The van der Waals surface area contributed by atoms with E-state index in [9.17, 15) is 22.8 Å². The molecule has 0 unspecified atom stereocenters. The molecule has 1 aliphatic rings. The van der Waals surface area contributed by atoms with E-state index in [4.69, 9.17) is 16.0 Å². The number of carbonyl (C=O) groups excluding carboxylic acids is 2. The van der Waals surface area contributed by atoms with Gasteiger partial charge in [0.2, 0.25) is 17.7 Å². The van der Waals surface area contributed by atoms with Gasteiger partial charge in [-0.05, 0) is 31.0 Å². The highest BCUT2D eigenvalue weighted by Crippen LogP contribution is 2.36. The van der Waals surface area contributed by atoms with E-state index in [1.807, 2.05) is 0 Å². The number of halogens is 4. The number of nitrogens with zero attached hydrogens (tertiary/aromatic N) is 3. The lowest BCUT2D eigenvalue weighted by atomic mass is 9.89. The largest absolute Gasteiger partial charge is 0.417 e. The van der Waals surface area contributed by atoms with E-state index in [-0.39, 0.29) is 35.0 Å². The molecule has 1 aliphatic carbocycles. The predicted octanol–water partition coefficient (Wildman–Crippen LogP) is 4.98. The highest BCUT2D eigenvalue weighted by Gasteiger charge is 2.33. The van der Waals surface area contributed by atoms with E-state index >= 15 is 0 Å². The molecule has 1 fully saturated rings. The molecule has 0 spiro atoms. The quantitative estimate of drug-likeness (QED) is 0.551. The Kier molecular flexibility index (Phi) is 8.05. The zero-order chi connectivity index (χ0) is 23.3. The summed E-state index contributed by atoms with van der Waals surface area (Å²) < 4.78 is 44.5. The zero-order valence-electron chi connectivity index (χ0n) is 17.2. The maximum Gasteiger partial charge on any atom is 0.417 e. The Morgan fingerprint density at radius 1 is 1.25 bits per heavy atom. The lowest BCUT2D eigenvalue weighted by Crippen LogP contribution is -2.36. The molecule has 1 saturated carbocycles. The van der Waals surface area contributed by atoms with Gasteiger partial charge in [0, 0.05) is 18.7 Å². The fourth-order valence-corrected chi connectivity index (χ4v) is 4.29. The van der Waals surface area contributed by atoms with Crippen molar-refractivity contribution in [1.82, 2.24) is 15.1 Å². The third kappa shape index (κ3) is 6.61. The second-order valence-corrected chi connectivity index (χ2v) is 8.85. The number of anilines is 1. The van der Waals surface area contributed by atoms with Crippen LogP contribution >= 0.6 is 23.4 Å². The van der Waals surface area contributed by atoms with Crippen molar-refractivity contribution in [1.29, 1.82) is 0 Å². The highest BCUT2D eigenvalue weighted by molar-refractivity contribution is 7.99. The number of aromatic nitrogens is 2. The summed E-state index contributed by atoms with van der Waals surface area (Å²) in [6.07, 6.45) is 0.862. The van der Waals surface area contributed by atoms with Crippen molar-refractivity contribution in [3.05, 3.63) is 34.7 Å². The van der Waals surface area contributed by atoms with Gasteiger partial charge in [0.05, 0.1) is 22.9 Å². The van der Waals surface area contributed by atoms with Crippen LogP contribution in [0.1, 0.15) is 49.5 Å². The second-order valence-electron chi connectivity index (χ2n) is 7.52. The van der Waals surface area contributed by atoms with Crippen LogP contribution in [0.2, 0.25) is 5.02 Å². The van der Waals surface area contributed by atoms with Crippen molar-refractivity contribution in [3.8, 4) is 0 Å². The molecule has 7 nitrogen and oxygen atoms in total. The van der Waals surface area contributed by atoms with E-state index in [0.29, 0.717) is 5.89 Å². The van der Waals surface area contributed by atoms with Crippen molar-refractivity contribution in [2.75, 3.05) is 24.7 Å². The predicted molar refractivity (Wildman–Crippen MR) is 114 cm³/mol. The first kappa shape index (κ1) is 24.4. The number of benzene rings is 1. The molecule has 12 heteroatoms. The fourth-order valence-electron chi connectivity index (χ4n) is 3.35. The van der Waals surface area contributed by atoms with Crippen LogP contribution in [0.5, 0.6) is 0 Å². The van der Waals surface area contributed by atoms with Crippen LogP contribution in [0.15, 0.2) is 27.8 Å². The van der Waals surface area contributed by atoms with Crippen LogP contribution in [0.25, 0.3) is 0 Å². The normalized spacial score (nSPS) is 14.9. The molecule has 3 rings (SSSR count). The second kappa shape index (κ2) is 10.6. The van der Waals surface area contributed by atoms with Crippen LogP contribution < -0.4 is 5.32 Å². The van der Waals surface area contributed by atoms with E-state index in [1.54, 1.807) is 0 Å². The Morgan fingerprint density at radius 2 is 1.97 bits per heavy atom.